The molecule has 1 atom stereocenters. The van der Waals surface area contributed by atoms with Gasteiger partial charge in [0.05, 0.1) is 13.2 Å². The second kappa shape index (κ2) is 6.71. The van der Waals surface area contributed by atoms with Crippen molar-refractivity contribution < 1.29 is 4.74 Å². The van der Waals surface area contributed by atoms with Crippen molar-refractivity contribution in [2.45, 2.75) is 13.3 Å². The molecule has 0 aromatic heterocycles. The summed E-state index contributed by atoms with van der Waals surface area (Å²) in [6.07, 6.45) is 0.984. The Balaban J connectivity index is 1.98. The fraction of sp³-hybridized carbons (Fsp3) is 0.600. The number of nitrogens with two attached hydrogens (primary N) is 1. The van der Waals surface area contributed by atoms with Crippen LogP contribution in [-0.4, -0.2) is 44.3 Å². The summed E-state index contributed by atoms with van der Waals surface area (Å²) in [6.45, 7) is 7.66. The number of rotatable bonds is 5. The molecular weight excluding hydrogens is 260 g/mol. The van der Waals surface area contributed by atoms with Crippen LogP contribution in [0, 0.1) is 5.41 Å². The third-order valence-electron chi connectivity index (χ3n) is 3.75. The summed E-state index contributed by atoms with van der Waals surface area (Å²) in [5.41, 5.74) is 7.42. The summed E-state index contributed by atoms with van der Waals surface area (Å²) >= 11 is 5.93. The van der Waals surface area contributed by atoms with Gasteiger partial charge in [-0.3, -0.25) is 4.90 Å². The van der Waals surface area contributed by atoms with E-state index in [2.05, 4.69) is 24.0 Å². The van der Waals surface area contributed by atoms with Crippen LogP contribution in [0.25, 0.3) is 0 Å². The molecule has 1 aliphatic rings. The molecule has 0 aliphatic carbocycles. The van der Waals surface area contributed by atoms with Crippen molar-refractivity contribution in [3.63, 3.8) is 0 Å². The highest BCUT2D eigenvalue weighted by Crippen LogP contribution is 2.24. The average Bonchev–Trinajstić information content (AvgIpc) is 2.42. The van der Waals surface area contributed by atoms with E-state index in [1.54, 1.807) is 0 Å². The Kier molecular flexibility index (Phi) is 5.22. The maximum atomic E-state index is 6.02. The van der Waals surface area contributed by atoms with E-state index in [1.807, 2.05) is 12.1 Å². The quantitative estimate of drug-likeness (QED) is 0.900. The predicted octanol–water partition coefficient (Wildman–Crippen LogP) is 2.18. The summed E-state index contributed by atoms with van der Waals surface area (Å²) in [5.74, 6) is 0. The van der Waals surface area contributed by atoms with E-state index < -0.39 is 0 Å². The largest absolute Gasteiger partial charge is 0.379 e. The second-order valence-electron chi connectivity index (χ2n) is 5.71. The van der Waals surface area contributed by atoms with Crippen LogP contribution in [0.3, 0.4) is 0 Å². The first-order valence-corrected chi connectivity index (χ1v) is 7.24. The molecule has 1 aromatic carbocycles. The van der Waals surface area contributed by atoms with Crippen molar-refractivity contribution in [3.05, 3.63) is 34.9 Å². The number of nitrogens with zero attached hydrogens (tertiary/aromatic N) is 1. The summed E-state index contributed by atoms with van der Waals surface area (Å²) < 4.78 is 5.39. The molecule has 2 rings (SSSR count). The van der Waals surface area contributed by atoms with Gasteiger partial charge in [-0.1, -0.05) is 30.7 Å². The summed E-state index contributed by atoms with van der Waals surface area (Å²) in [4.78, 5) is 2.45. The van der Waals surface area contributed by atoms with E-state index in [0.29, 0.717) is 6.54 Å². The van der Waals surface area contributed by atoms with Crippen molar-refractivity contribution in [2.24, 2.45) is 11.1 Å². The van der Waals surface area contributed by atoms with Crippen LogP contribution in [-0.2, 0) is 11.2 Å². The Labute approximate surface area is 120 Å². The van der Waals surface area contributed by atoms with Crippen LogP contribution in [0.15, 0.2) is 24.3 Å². The first-order valence-electron chi connectivity index (χ1n) is 6.86. The smallest absolute Gasteiger partial charge is 0.0594 e. The van der Waals surface area contributed by atoms with Crippen LogP contribution in [0.2, 0.25) is 5.02 Å². The molecule has 106 valence electrons. The Morgan fingerprint density at radius 2 is 1.89 bits per heavy atom. The Bertz CT molecular complexity index is 390. The van der Waals surface area contributed by atoms with Gasteiger partial charge in [-0.05, 0) is 36.1 Å². The Morgan fingerprint density at radius 1 is 1.26 bits per heavy atom. The normalized spacial score (nSPS) is 20.2. The maximum absolute atomic E-state index is 6.02. The Hall–Kier alpha value is -0.610. The average molecular weight is 283 g/mol. The number of hydrogen-bond acceptors (Lipinski definition) is 3. The zero-order chi connectivity index (χ0) is 13.7. The molecule has 1 fully saturated rings. The molecule has 0 spiro atoms. The molecule has 19 heavy (non-hydrogen) atoms. The highest BCUT2D eigenvalue weighted by molar-refractivity contribution is 6.30. The lowest BCUT2D eigenvalue weighted by Crippen LogP contribution is -2.46. The second-order valence-corrected chi connectivity index (χ2v) is 6.14. The van der Waals surface area contributed by atoms with E-state index in [9.17, 15) is 0 Å². The van der Waals surface area contributed by atoms with Crippen molar-refractivity contribution in [1.29, 1.82) is 0 Å². The standard InChI is InChI=1S/C15H23ClN2O/c1-15(11-17,12-18-6-8-19-9-7-18)10-13-2-4-14(16)5-3-13/h2-5H,6-12,17H2,1H3. The number of hydrogen-bond donors (Lipinski definition) is 1. The van der Waals surface area contributed by atoms with Gasteiger partial charge >= 0.3 is 0 Å². The van der Waals surface area contributed by atoms with Gasteiger partial charge in [0.2, 0.25) is 0 Å². The first-order chi connectivity index (χ1) is 9.11. The number of halogens is 1. The minimum atomic E-state index is 0.102. The third-order valence-corrected chi connectivity index (χ3v) is 4.00. The van der Waals surface area contributed by atoms with Crippen LogP contribution in [0.1, 0.15) is 12.5 Å². The zero-order valence-electron chi connectivity index (χ0n) is 11.6. The van der Waals surface area contributed by atoms with Crippen LogP contribution < -0.4 is 5.73 Å². The molecule has 0 saturated carbocycles. The predicted molar refractivity (Wildman–Crippen MR) is 79.6 cm³/mol. The molecule has 0 amide bonds. The molecule has 2 N–H and O–H groups in total. The molecule has 4 heteroatoms. The van der Waals surface area contributed by atoms with Gasteiger partial charge in [-0.2, -0.15) is 0 Å². The third kappa shape index (κ3) is 4.46. The lowest BCUT2D eigenvalue weighted by molar-refractivity contribution is 0.0198. The van der Waals surface area contributed by atoms with Crippen LogP contribution >= 0.6 is 11.6 Å². The van der Waals surface area contributed by atoms with Crippen LogP contribution in [0.5, 0.6) is 0 Å². The van der Waals surface area contributed by atoms with Gasteiger partial charge in [-0.25, -0.2) is 0 Å². The number of ether oxygens (including phenoxy) is 1. The van der Waals surface area contributed by atoms with Gasteiger partial charge in [0.25, 0.3) is 0 Å². The Morgan fingerprint density at radius 3 is 2.47 bits per heavy atom. The van der Waals surface area contributed by atoms with Gasteiger partial charge in [-0.15, -0.1) is 0 Å². The molecule has 0 radical (unpaired) electrons. The lowest BCUT2D eigenvalue weighted by Gasteiger charge is -2.36. The topological polar surface area (TPSA) is 38.5 Å². The van der Waals surface area contributed by atoms with E-state index in [4.69, 9.17) is 22.1 Å². The SMILES string of the molecule is CC(CN)(Cc1ccc(Cl)cc1)CN1CCOCC1. The van der Waals surface area contributed by atoms with Gasteiger partial charge < -0.3 is 10.5 Å². The molecule has 3 nitrogen and oxygen atoms in total. The first kappa shape index (κ1) is 14.8. The maximum Gasteiger partial charge on any atom is 0.0594 e. The van der Waals surface area contributed by atoms with E-state index in [0.717, 1.165) is 44.3 Å². The van der Waals surface area contributed by atoms with Crippen LogP contribution in [0.4, 0.5) is 0 Å². The van der Waals surface area contributed by atoms with Gasteiger partial charge in [0.15, 0.2) is 0 Å². The zero-order valence-corrected chi connectivity index (χ0v) is 12.3. The highest BCUT2D eigenvalue weighted by Gasteiger charge is 2.27. The van der Waals surface area contributed by atoms with Crippen molar-refractivity contribution in [2.75, 3.05) is 39.4 Å². The number of benzene rings is 1. The van der Waals surface area contributed by atoms with Crippen molar-refractivity contribution in [3.8, 4) is 0 Å². The van der Waals surface area contributed by atoms with Crippen molar-refractivity contribution in [1.82, 2.24) is 4.90 Å². The molecule has 1 saturated heterocycles. The fourth-order valence-electron chi connectivity index (χ4n) is 2.59. The summed E-state index contributed by atoms with van der Waals surface area (Å²) in [5, 5.41) is 0.784. The number of morpholine rings is 1. The lowest BCUT2D eigenvalue weighted by atomic mass is 9.83. The molecule has 0 bridgehead atoms. The van der Waals surface area contributed by atoms with Gasteiger partial charge in [0.1, 0.15) is 0 Å². The summed E-state index contributed by atoms with van der Waals surface area (Å²) in [6, 6.07) is 8.08. The molecule has 1 unspecified atom stereocenters. The molecule has 1 heterocycles. The van der Waals surface area contributed by atoms with E-state index in [-0.39, 0.29) is 5.41 Å². The van der Waals surface area contributed by atoms with Crippen molar-refractivity contribution >= 4 is 11.6 Å². The molecule has 1 aromatic rings. The van der Waals surface area contributed by atoms with Gasteiger partial charge in [0, 0.05) is 24.7 Å². The fourth-order valence-corrected chi connectivity index (χ4v) is 2.71. The summed E-state index contributed by atoms with van der Waals surface area (Å²) in [7, 11) is 0. The monoisotopic (exact) mass is 282 g/mol. The minimum absolute atomic E-state index is 0.102. The molecule has 1 aliphatic heterocycles. The van der Waals surface area contributed by atoms with E-state index >= 15 is 0 Å². The minimum Gasteiger partial charge on any atom is -0.379 e. The van der Waals surface area contributed by atoms with E-state index in [1.165, 1.54) is 5.56 Å². The highest BCUT2D eigenvalue weighted by atomic mass is 35.5. The molecular formula is C15H23ClN2O.